The molecule has 0 nitrogen and oxygen atoms in total. The Morgan fingerprint density at radius 2 is 1.58 bits per heavy atom. The fourth-order valence-corrected chi connectivity index (χ4v) is 0.996. The van der Waals surface area contributed by atoms with Crippen LogP contribution in [0.15, 0.2) is 12.2 Å². The number of halogens is 3. The van der Waals surface area contributed by atoms with Crippen LogP contribution in [0, 0.1) is 11.3 Å². The van der Waals surface area contributed by atoms with Gasteiger partial charge in [-0.3, -0.25) is 0 Å². The zero-order chi connectivity index (χ0) is 9.99. The molecule has 3 heteroatoms. The molecule has 0 aromatic rings. The molecular formula is C9H15F3. The van der Waals surface area contributed by atoms with Crippen LogP contribution in [0.25, 0.3) is 0 Å². The van der Waals surface area contributed by atoms with Crippen molar-refractivity contribution in [2.45, 2.75) is 33.9 Å². The van der Waals surface area contributed by atoms with E-state index >= 15 is 0 Å². The number of allylic oxidation sites excluding steroid dienone is 2. The smallest absolute Gasteiger partial charge is 0.171 e. The number of rotatable bonds is 2. The fraction of sp³-hybridized carbons (Fsp3) is 0.778. The Labute approximate surface area is 71.5 Å². The highest BCUT2D eigenvalue weighted by Gasteiger charge is 2.44. The van der Waals surface area contributed by atoms with Crippen molar-refractivity contribution in [2.75, 3.05) is 0 Å². The van der Waals surface area contributed by atoms with Crippen LogP contribution >= 0.6 is 0 Å². The Morgan fingerprint density at radius 3 is 1.83 bits per heavy atom. The van der Waals surface area contributed by atoms with E-state index in [4.69, 9.17) is 0 Å². The van der Waals surface area contributed by atoms with Gasteiger partial charge < -0.3 is 0 Å². The lowest BCUT2D eigenvalue weighted by atomic mass is 9.79. The third-order valence-electron chi connectivity index (χ3n) is 2.20. The first-order valence-corrected chi connectivity index (χ1v) is 3.92. The van der Waals surface area contributed by atoms with E-state index in [9.17, 15) is 13.2 Å². The molecule has 0 saturated carbocycles. The van der Waals surface area contributed by atoms with E-state index in [0.717, 1.165) is 0 Å². The fourth-order valence-electron chi connectivity index (χ4n) is 0.996. The van der Waals surface area contributed by atoms with Crippen molar-refractivity contribution in [3.63, 3.8) is 0 Å². The summed E-state index contributed by atoms with van der Waals surface area (Å²) in [4.78, 5) is 0. The molecule has 0 aliphatic rings. The molecule has 0 aliphatic carbocycles. The summed E-state index contributed by atoms with van der Waals surface area (Å²) in [5.41, 5.74) is -0.812. The average Bonchev–Trinajstić information content (AvgIpc) is 1.84. The third kappa shape index (κ3) is 2.88. The van der Waals surface area contributed by atoms with Crippen LogP contribution in [0.5, 0.6) is 0 Å². The van der Waals surface area contributed by atoms with Crippen molar-refractivity contribution in [3.05, 3.63) is 12.2 Å². The third-order valence-corrected chi connectivity index (χ3v) is 2.20. The van der Waals surface area contributed by atoms with Crippen molar-refractivity contribution in [1.82, 2.24) is 0 Å². The predicted molar refractivity (Wildman–Crippen MR) is 43.8 cm³/mol. The van der Waals surface area contributed by atoms with Crippen LogP contribution in [-0.2, 0) is 0 Å². The first-order valence-electron chi connectivity index (χ1n) is 3.92. The van der Waals surface area contributed by atoms with Gasteiger partial charge in [-0.05, 0) is 12.3 Å². The topological polar surface area (TPSA) is 0 Å². The molecule has 0 heterocycles. The molecule has 12 heavy (non-hydrogen) atoms. The molecule has 0 saturated heterocycles. The van der Waals surface area contributed by atoms with Crippen molar-refractivity contribution in [3.8, 4) is 0 Å². The Balaban J connectivity index is 4.56. The van der Waals surface area contributed by atoms with Crippen LogP contribution in [0.1, 0.15) is 27.7 Å². The first-order chi connectivity index (χ1) is 5.22. The summed E-state index contributed by atoms with van der Waals surface area (Å²) < 4.78 is 36.7. The highest BCUT2D eigenvalue weighted by molar-refractivity contribution is 4.97. The van der Waals surface area contributed by atoms with Gasteiger partial charge >= 0.3 is 6.18 Å². The molecular weight excluding hydrogens is 165 g/mol. The molecule has 0 rings (SSSR count). The standard InChI is InChI=1S/C9H15F3/c1-5-6-8(3,4)7(2)9(10,11)12/h5-7H,1-4H3/b6-5-. The summed E-state index contributed by atoms with van der Waals surface area (Å²) in [5, 5.41) is 0. The SMILES string of the molecule is C/C=C\C(C)(C)C(C)C(F)(F)F. The van der Waals surface area contributed by atoms with Gasteiger partial charge in [0.25, 0.3) is 0 Å². The minimum Gasteiger partial charge on any atom is -0.171 e. The molecule has 0 N–H and O–H groups in total. The molecule has 0 aromatic carbocycles. The normalized spacial score (nSPS) is 16.9. The molecule has 0 amide bonds. The summed E-state index contributed by atoms with van der Waals surface area (Å²) >= 11 is 0. The lowest BCUT2D eigenvalue weighted by Crippen LogP contribution is -2.32. The van der Waals surface area contributed by atoms with Crippen molar-refractivity contribution < 1.29 is 13.2 Å². The second kappa shape index (κ2) is 3.50. The second-order valence-electron chi connectivity index (χ2n) is 3.58. The second-order valence-corrected chi connectivity index (χ2v) is 3.58. The summed E-state index contributed by atoms with van der Waals surface area (Å²) in [5.74, 6) is -1.30. The van der Waals surface area contributed by atoms with Gasteiger partial charge in [-0.25, -0.2) is 0 Å². The van der Waals surface area contributed by atoms with Crippen molar-refractivity contribution in [2.24, 2.45) is 11.3 Å². The lowest BCUT2D eigenvalue weighted by Gasteiger charge is -2.30. The van der Waals surface area contributed by atoms with E-state index in [1.807, 2.05) is 0 Å². The van der Waals surface area contributed by atoms with Gasteiger partial charge in [-0.2, -0.15) is 13.2 Å². The Bertz CT molecular complexity index is 165. The molecule has 0 aromatic heterocycles. The number of hydrogen-bond donors (Lipinski definition) is 0. The molecule has 1 unspecified atom stereocenters. The quantitative estimate of drug-likeness (QED) is 0.567. The predicted octanol–water partition coefficient (Wildman–Crippen LogP) is 3.79. The Hall–Kier alpha value is -0.470. The van der Waals surface area contributed by atoms with Crippen LogP contribution in [-0.4, -0.2) is 6.18 Å². The molecule has 0 radical (unpaired) electrons. The summed E-state index contributed by atoms with van der Waals surface area (Å²) in [6.45, 7) is 6.11. The van der Waals surface area contributed by atoms with Gasteiger partial charge in [0.2, 0.25) is 0 Å². The molecule has 0 spiro atoms. The molecule has 0 aliphatic heterocycles. The molecule has 1 atom stereocenters. The van der Waals surface area contributed by atoms with Crippen molar-refractivity contribution in [1.29, 1.82) is 0 Å². The Morgan fingerprint density at radius 1 is 1.17 bits per heavy atom. The van der Waals surface area contributed by atoms with E-state index in [-0.39, 0.29) is 0 Å². The zero-order valence-electron chi connectivity index (χ0n) is 7.87. The first kappa shape index (κ1) is 11.5. The minimum absolute atomic E-state index is 0.812. The van der Waals surface area contributed by atoms with Crippen LogP contribution < -0.4 is 0 Å². The number of alkyl halides is 3. The van der Waals surface area contributed by atoms with Crippen LogP contribution in [0.4, 0.5) is 13.2 Å². The maximum atomic E-state index is 12.2. The summed E-state index contributed by atoms with van der Waals surface area (Å²) in [6.07, 6.45) is -0.865. The van der Waals surface area contributed by atoms with E-state index < -0.39 is 17.5 Å². The largest absolute Gasteiger partial charge is 0.392 e. The summed E-state index contributed by atoms with van der Waals surface area (Å²) in [6, 6.07) is 0. The van der Waals surface area contributed by atoms with Crippen LogP contribution in [0.2, 0.25) is 0 Å². The van der Waals surface area contributed by atoms with Gasteiger partial charge in [0.15, 0.2) is 0 Å². The monoisotopic (exact) mass is 180 g/mol. The van der Waals surface area contributed by atoms with Crippen molar-refractivity contribution >= 4 is 0 Å². The van der Waals surface area contributed by atoms with E-state index in [0.29, 0.717) is 0 Å². The maximum absolute atomic E-state index is 12.2. The van der Waals surface area contributed by atoms with Gasteiger partial charge in [0.05, 0.1) is 5.92 Å². The Kier molecular flexibility index (Phi) is 3.36. The minimum atomic E-state index is -4.11. The highest BCUT2D eigenvalue weighted by atomic mass is 19.4. The molecule has 0 bridgehead atoms. The maximum Gasteiger partial charge on any atom is 0.392 e. The molecule has 0 fully saturated rings. The van der Waals surface area contributed by atoms with E-state index in [2.05, 4.69) is 0 Å². The van der Waals surface area contributed by atoms with E-state index in [1.54, 1.807) is 32.9 Å². The highest BCUT2D eigenvalue weighted by Crippen LogP contribution is 2.40. The van der Waals surface area contributed by atoms with E-state index in [1.165, 1.54) is 6.92 Å². The summed E-state index contributed by atoms with van der Waals surface area (Å²) in [7, 11) is 0. The van der Waals surface area contributed by atoms with Gasteiger partial charge in [-0.15, -0.1) is 0 Å². The van der Waals surface area contributed by atoms with Gasteiger partial charge in [0.1, 0.15) is 0 Å². The van der Waals surface area contributed by atoms with Crippen LogP contribution in [0.3, 0.4) is 0 Å². The molecule has 72 valence electrons. The average molecular weight is 180 g/mol. The zero-order valence-corrected chi connectivity index (χ0v) is 7.87. The van der Waals surface area contributed by atoms with Gasteiger partial charge in [-0.1, -0.05) is 32.9 Å². The number of hydrogen-bond acceptors (Lipinski definition) is 0. The van der Waals surface area contributed by atoms with Gasteiger partial charge in [0, 0.05) is 0 Å². The lowest BCUT2D eigenvalue weighted by molar-refractivity contribution is -0.190.